The molecular weight excluding hydrogens is 206 g/mol. The fraction of sp³-hybridized carbons (Fsp3) is 1.00. The molecule has 0 spiro atoms. The second-order valence-electron chi connectivity index (χ2n) is 5.24. The number of ether oxygens (including phenoxy) is 2. The average Bonchev–Trinajstić information content (AvgIpc) is 2.92. The molecule has 16 heavy (non-hydrogen) atoms. The van der Waals surface area contributed by atoms with E-state index in [0.717, 1.165) is 26.1 Å². The number of rotatable bonds is 7. The van der Waals surface area contributed by atoms with Gasteiger partial charge in [0.25, 0.3) is 0 Å². The topological polar surface area (TPSA) is 50.7 Å². The molecule has 4 nitrogen and oxygen atoms in total. The summed E-state index contributed by atoms with van der Waals surface area (Å²) in [7, 11) is 0. The molecule has 0 aromatic heterocycles. The Morgan fingerprint density at radius 1 is 1.44 bits per heavy atom. The summed E-state index contributed by atoms with van der Waals surface area (Å²) in [6.07, 6.45) is 4.62. The van der Waals surface area contributed by atoms with Gasteiger partial charge in [-0.2, -0.15) is 0 Å². The Labute approximate surface area is 97.3 Å². The number of hydrogen-bond donors (Lipinski definition) is 2. The van der Waals surface area contributed by atoms with Crippen molar-refractivity contribution in [3.05, 3.63) is 0 Å². The highest BCUT2D eigenvalue weighted by atomic mass is 16.5. The monoisotopic (exact) mass is 229 g/mol. The molecule has 4 heteroatoms. The maximum Gasteiger partial charge on any atom is 0.0830 e. The predicted molar refractivity (Wildman–Crippen MR) is 61.4 cm³/mol. The van der Waals surface area contributed by atoms with Crippen LogP contribution in [0.1, 0.15) is 32.6 Å². The van der Waals surface area contributed by atoms with Crippen LogP contribution in [0.4, 0.5) is 0 Å². The van der Waals surface area contributed by atoms with Crippen molar-refractivity contribution in [1.82, 2.24) is 5.32 Å². The van der Waals surface area contributed by atoms with Crippen LogP contribution in [0.2, 0.25) is 0 Å². The number of aliphatic hydroxyl groups is 1. The van der Waals surface area contributed by atoms with Gasteiger partial charge in [0, 0.05) is 24.8 Å². The van der Waals surface area contributed by atoms with E-state index in [1.165, 1.54) is 12.8 Å². The lowest BCUT2D eigenvalue weighted by molar-refractivity contribution is 0.0240. The van der Waals surface area contributed by atoms with Crippen LogP contribution in [-0.2, 0) is 9.47 Å². The van der Waals surface area contributed by atoms with Crippen LogP contribution in [0.15, 0.2) is 0 Å². The third kappa shape index (κ3) is 3.70. The van der Waals surface area contributed by atoms with Gasteiger partial charge in [0.1, 0.15) is 0 Å². The second kappa shape index (κ2) is 5.45. The van der Waals surface area contributed by atoms with E-state index in [0.29, 0.717) is 12.6 Å². The normalized spacial score (nSPS) is 29.2. The Morgan fingerprint density at radius 3 is 2.81 bits per heavy atom. The zero-order valence-electron chi connectivity index (χ0n) is 10.1. The molecule has 94 valence electrons. The van der Waals surface area contributed by atoms with Crippen molar-refractivity contribution >= 4 is 0 Å². The zero-order valence-corrected chi connectivity index (χ0v) is 10.1. The van der Waals surface area contributed by atoms with Gasteiger partial charge < -0.3 is 19.9 Å². The maximum atomic E-state index is 9.41. The van der Waals surface area contributed by atoms with Crippen LogP contribution in [0.25, 0.3) is 0 Å². The zero-order chi connectivity index (χ0) is 11.4. The third-order valence-electron chi connectivity index (χ3n) is 3.37. The summed E-state index contributed by atoms with van der Waals surface area (Å²) in [6, 6.07) is 0.618. The van der Waals surface area contributed by atoms with Gasteiger partial charge in [-0.25, -0.2) is 0 Å². The van der Waals surface area contributed by atoms with Crippen LogP contribution in [0.5, 0.6) is 0 Å². The van der Waals surface area contributed by atoms with Gasteiger partial charge in [0.05, 0.1) is 19.3 Å². The van der Waals surface area contributed by atoms with E-state index < -0.39 is 0 Å². The first-order chi connectivity index (χ1) is 7.72. The van der Waals surface area contributed by atoms with E-state index >= 15 is 0 Å². The highest BCUT2D eigenvalue weighted by Crippen LogP contribution is 2.24. The first kappa shape index (κ1) is 12.3. The summed E-state index contributed by atoms with van der Waals surface area (Å²) in [5.41, 5.74) is -0.180. The Morgan fingerprint density at radius 2 is 2.25 bits per heavy atom. The van der Waals surface area contributed by atoms with E-state index in [4.69, 9.17) is 9.47 Å². The molecular formula is C12H23NO3. The molecule has 2 N–H and O–H groups in total. The molecule has 1 aliphatic heterocycles. The molecule has 1 saturated heterocycles. The smallest absolute Gasteiger partial charge is 0.0830 e. The summed E-state index contributed by atoms with van der Waals surface area (Å²) in [5, 5.41) is 12.9. The van der Waals surface area contributed by atoms with E-state index in [-0.39, 0.29) is 18.2 Å². The summed E-state index contributed by atoms with van der Waals surface area (Å²) in [4.78, 5) is 0. The van der Waals surface area contributed by atoms with Gasteiger partial charge in [-0.05, 0) is 32.6 Å². The highest BCUT2D eigenvalue weighted by Gasteiger charge is 2.32. The van der Waals surface area contributed by atoms with Gasteiger partial charge in [-0.3, -0.25) is 0 Å². The van der Waals surface area contributed by atoms with Gasteiger partial charge >= 0.3 is 0 Å². The largest absolute Gasteiger partial charge is 0.394 e. The van der Waals surface area contributed by atoms with E-state index in [2.05, 4.69) is 12.2 Å². The Bertz CT molecular complexity index is 214. The van der Waals surface area contributed by atoms with Crippen LogP contribution < -0.4 is 5.32 Å². The lowest BCUT2D eigenvalue weighted by Gasteiger charge is -2.29. The summed E-state index contributed by atoms with van der Waals surface area (Å²) in [5.74, 6) is 0. The van der Waals surface area contributed by atoms with Crippen LogP contribution in [-0.4, -0.2) is 49.2 Å². The molecule has 1 aliphatic carbocycles. The molecule has 0 bridgehead atoms. The van der Waals surface area contributed by atoms with Gasteiger partial charge in [0.15, 0.2) is 0 Å². The highest BCUT2D eigenvalue weighted by molar-refractivity contribution is 4.92. The van der Waals surface area contributed by atoms with Crippen molar-refractivity contribution in [2.45, 2.75) is 50.3 Å². The molecule has 2 fully saturated rings. The van der Waals surface area contributed by atoms with E-state index in [9.17, 15) is 5.11 Å². The van der Waals surface area contributed by atoms with Crippen molar-refractivity contribution in [3.8, 4) is 0 Å². The molecule has 0 aromatic rings. The fourth-order valence-electron chi connectivity index (χ4n) is 2.01. The quantitative estimate of drug-likeness (QED) is 0.674. The average molecular weight is 229 g/mol. The van der Waals surface area contributed by atoms with Gasteiger partial charge in [0.2, 0.25) is 0 Å². The van der Waals surface area contributed by atoms with Crippen molar-refractivity contribution < 1.29 is 14.6 Å². The third-order valence-corrected chi connectivity index (χ3v) is 3.37. The van der Waals surface area contributed by atoms with Crippen molar-refractivity contribution in [1.29, 1.82) is 0 Å². The SMILES string of the molecule is CC(CO)(CCOC1CCOC1)NC1CC1. The van der Waals surface area contributed by atoms with Crippen LogP contribution in [0.3, 0.4) is 0 Å². The number of aliphatic hydroxyl groups excluding tert-OH is 1. The lowest BCUT2D eigenvalue weighted by Crippen LogP contribution is -2.47. The fourth-order valence-corrected chi connectivity index (χ4v) is 2.01. The molecule has 1 heterocycles. The van der Waals surface area contributed by atoms with E-state index in [1.54, 1.807) is 0 Å². The maximum absolute atomic E-state index is 9.41. The summed E-state index contributed by atoms with van der Waals surface area (Å²) < 4.78 is 11.0. The minimum Gasteiger partial charge on any atom is -0.394 e. The number of nitrogens with one attached hydrogen (secondary N) is 1. The van der Waals surface area contributed by atoms with E-state index in [1.807, 2.05) is 0 Å². The lowest BCUT2D eigenvalue weighted by atomic mass is 9.99. The Balaban J connectivity index is 1.64. The van der Waals surface area contributed by atoms with Crippen molar-refractivity contribution in [2.24, 2.45) is 0 Å². The summed E-state index contributed by atoms with van der Waals surface area (Å²) in [6.45, 7) is 4.49. The molecule has 2 unspecified atom stereocenters. The van der Waals surface area contributed by atoms with Crippen LogP contribution in [0, 0.1) is 0 Å². The molecule has 2 atom stereocenters. The minimum absolute atomic E-state index is 0.175. The Kier molecular flexibility index (Phi) is 4.19. The second-order valence-corrected chi connectivity index (χ2v) is 5.24. The van der Waals surface area contributed by atoms with Gasteiger partial charge in [-0.15, -0.1) is 0 Å². The molecule has 2 aliphatic rings. The molecule has 2 rings (SSSR count). The molecule has 0 amide bonds. The Hall–Kier alpha value is -0.160. The molecule has 0 radical (unpaired) electrons. The van der Waals surface area contributed by atoms with Crippen molar-refractivity contribution in [2.75, 3.05) is 26.4 Å². The van der Waals surface area contributed by atoms with Gasteiger partial charge in [-0.1, -0.05) is 0 Å². The first-order valence-corrected chi connectivity index (χ1v) is 6.30. The molecule has 0 aromatic carbocycles. The predicted octanol–water partition coefficient (Wildman–Crippen LogP) is 0.685. The first-order valence-electron chi connectivity index (χ1n) is 6.30. The minimum atomic E-state index is -0.180. The summed E-state index contributed by atoms with van der Waals surface area (Å²) >= 11 is 0. The number of hydrogen-bond acceptors (Lipinski definition) is 4. The van der Waals surface area contributed by atoms with Crippen molar-refractivity contribution in [3.63, 3.8) is 0 Å². The van der Waals surface area contributed by atoms with Crippen LogP contribution >= 0.6 is 0 Å². The standard InChI is InChI=1S/C12H23NO3/c1-12(9-14,13-10-2-3-10)5-7-16-11-4-6-15-8-11/h10-11,13-14H,2-9H2,1H3. The molecule has 1 saturated carbocycles.